The van der Waals surface area contributed by atoms with Gasteiger partial charge in [0.15, 0.2) is 0 Å². The summed E-state index contributed by atoms with van der Waals surface area (Å²) in [6.07, 6.45) is 24.1. The third kappa shape index (κ3) is 17.1. The van der Waals surface area contributed by atoms with Crippen LogP contribution in [0, 0.1) is 11.8 Å². The zero-order valence-corrected chi connectivity index (χ0v) is 42.9. The van der Waals surface area contributed by atoms with Crippen molar-refractivity contribution in [2.45, 2.75) is 206 Å². The van der Waals surface area contributed by atoms with E-state index in [9.17, 15) is 9.59 Å². The SMILES string of the molecule is CCCCCCCCOC(=O)[C@@H]1[C@H](C(=O)OCCCCCCCC)N2[C@H](c3ccc(OC)cc3)[C@H](C(=O)OCCCCCCCC)[C@H](C(=O)OCCCCCCCC)N2[C@H]1c1ccc(OC)cc1. The molecule has 0 amide bonds. The second-order valence-corrected chi connectivity index (χ2v) is 18.9. The lowest BCUT2D eigenvalue weighted by molar-refractivity contribution is -0.163. The number of rotatable bonds is 36. The van der Waals surface area contributed by atoms with Gasteiger partial charge in [0.05, 0.1) is 52.7 Å². The van der Waals surface area contributed by atoms with E-state index in [0.29, 0.717) is 48.3 Å². The average molecular weight is 949 g/mol. The molecule has 0 bridgehead atoms. The van der Waals surface area contributed by atoms with Crippen LogP contribution in [0.5, 0.6) is 11.5 Å². The summed E-state index contributed by atoms with van der Waals surface area (Å²) in [6, 6.07) is 10.2. The highest BCUT2D eigenvalue weighted by Crippen LogP contribution is 2.56. The fourth-order valence-corrected chi connectivity index (χ4v) is 9.86. The number of fused-ring (bicyclic) bond motifs is 1. The van der Waals surface area contributed by atoms with Crippen LogP contribution in [0.15, 0.2) is 48.5 Å². The number of ether oxygens (including phenoxy) is 6. The quantitative estimate of drug-likeness (QED) is 0.0366. The van der Waals surface area contributed by atoms with Crippen LogP contribution in [0.4, 0.5) is 0 Å². The highest BCUT2D eigenvalue weighted by molar-refractivity contribution is 5.90. The van der Waals surface area contributed by atoms with Crippen LogP contribution in [0.1, 0.15) is 205 Å². The number of unbranched alkanes of at least 4 members (excludes halogenated alkanes) is 20. The molecular formula is C56H88N2O10. The average Bonchev–Trinajstić information content (AvgIpc) is 3.88. The van der Waals surface area contributed by atoms with Gasteiger partial charge in [0.1, 0.15) is 35.4 Å². The third-order valence-electron chi connectivity index (χ3n) is 13.7. The molecule has 2 aliphatic heterocycles. The number of carbonyl (C=O) groups is 4. The Hall–Kier alpha value is -4.16. The first-order valence-electron chi connectivity index (χ1n) is 26.8. The third-order valence-corrected chi connectivity index (χ3v) is 13.7. The summed E-state index contributed by atoms with van der Waals surface area (Å²) in [7, 11) is 3.17. The van der Waals surface area contributed by atoms with Crippen LogP contribution in [0.2, 0.25) is 0 Å². The zero-order valence-electron chi connectivity index (χ0n) is 42.9. The number of methoxy groups -OCH3 is 2. The number of benzene rings is 2. The summed E-state index contributed by atoms with van der Waals surface area (Å²) >= 11 is 0. The normalized spacial score (nSPS) is 20.2. The number of carbonyl (C=O) groups excluding carboxylic acids is 4. The maximum Gasteiger partial charge on any atom is 0.325 e. The highest BCUT2D eigenvalue weighted by Gasteiger charge is 2.69. The lowest BCUT2D eigenvalue weighted by atomic mass is 9.82. The molecule has 0 N–H and O–H groups in total. The molecule has 68 heavy (non-hydrogen) atoms. The van der Waals surface area contributed by atoms with Crippen LogP contribution < -0.4 is 9.47 Å². The highest BCUT2D eigenvalue weighted by atomic mass is 16.6. The molecule has 0 radical (unpaired) electrons. The van der Waals surface area contributed by atoms with E-state index in [0.717, 1.165) is 128 Å². The summed E-state index contributed by atoms with van der Waals surface area (Å²) in [5.74, 6) is -3.44. The molecule has 2 heterocycles. The van der Waals surface area contributed by atoms with Crippen molar-refractivity contribution in [2.24, 2.45) is 11.8 Å². The molecule has 2 saturated heterocycles. The molecule has 4 rings (SSSR count). The standard InChI is InChI=1S/C56H88N2O10/c1-7-11-15-19-23-27-39-65-53(59)47-49(43-31-35-45(63-5)36-32-43)57-52(56(62)68-42-30-26-22-18-14-10-4)48(54(60)66-40-28-24-20-16-12-8-2)50(44-33-37-46(64-6)38-34-44)58(57)51(47)55(61)67-41-29-25-21-17-13-9-3/h31-38,47-52H,7-30,39-42H2,1-6H3/t47-,48-,49-,50+,51+,52+/m0/s1. The van der Waals surface area contributed by atoms with Gasteiger partial charge in [-0.25, -0.2) is 10.0 Å². The Morgan fingerprint density at radius 2 is 0.618 bits per heavy atom. The Morgan fingerprint density at radius 1 is 0.368 bits per heavy atom. The van der Waals surface area contributed by atoms with Gasteiger partial charge in [-0.2, -0.15) is 0 Å². The van der Waals surface area contributed by atoms with E-state index in [1.165, 1.54) is 0 Å². The Bertz CT molecular complexity index is 1600. The Balaban J connectivity index is 1.86. The maximum absolute atomic E-state index is 15.1. The molecule has 0 aliphatic carbocycles. The molecular weight excluding hydrogens is 861 g/mol. The van der Waals surface area contributed by atoms with Crippen LogP contribution in [0.25, 0.3) is 0 Å². The predicted octanol–water partition coefficient (Wildman–Crippen LogP) is 12.6. The molecule has 12 nitrogen and oxygen atoms in total. The minimum Gasteiger partial charge on any atom is -0.497 e. The van der Waals surface area contributed by atoms with Gasteiger partial charge in [-0.05, 0) is 61.1 Å². The van der Waals surface area contributed by atoms with Crippen molar-refractivity contribution in [3.8, 4) is 11.5 Å². The van der Waals surface area contributed by atoms with E-state index < -0.39 is 59.9 Å². The fraction of sp³-hybridized carbons (Fsp3) is 0.714. The van der Waals surface area contributed by atoms with Crippen molar-refractivity contribution >= 4 is 23.9 Å². The number of hydrogen-bond acceptors (Lipinski definition) is 12. The van der Waals surface area contributed by atoms with E-state index >= 15 is 9.59 Å². The minimum absolute atomic E-state index is 0.169. The lowest BCUT2D eigenvalue weighted by Gasteiger charge is -2.32. The van der Waals surface area contributed by atoms with Gasteiger partial charge in [0.2, 0.25) is 0 Å². The van der Waals surface area contributed by atoms with E-state index in [1.54, 1.807) is 48.5 Å². The van der Waals surface area contributed by atoms with E-state index in [-0.39, 0.29) is 26.4 Å². The first-order valence-corrected chi connectivity index (χ1v) is 26.8. The second-order valence-electron chi connectivity index (χ2n) is 18.9. The Kier molecular flexibility index (Phi) is 27.1. The molecule has 2 fully saturated rings. The molecule has 6 atom stereocenters. The Labute approximate surface area is 409 Å². The molecule has 12 heteroatoms. The van der Waals surface area contributed by atoms with Crippen LogP contribution >= 0.6 is 0 Å². The molecule has 2 aromatic rings. The van der Waals surface area contributed by atoms with Gasteiger partial charge in [0, 0.05) is 0 Å². The van der Waals surface area contributed by atoms with Crippen molar-refractivity contribution in [2.75, 3.05) is 40.6 Å². The smallest absolute Gasteiger partial charge is 0.325 e. The van der Waals surface area contributed by atoms with Crippen molar-refractivity contribution in [3.63, 3.8) is 0 Å². The summed E-state index contributed by atoms with van der Waals surface area (Å²) in [5.41, 5.74) is 1.29. The van der Waals surface area contributed by atoms with E-state index in [4.69, 9.17) is 28.4 Å². The predicted molar refractivity (Wildman–Crippen MR) is 267 cm³/mol. The number of hydrogen-bond donors (Lipinski definition) is 0. The first-order chi connectivity index (χ1) is 33.3. The van der Waals surface area contributed by atoms with Gasteiger partial charge in [-0.15, -0.1) is 0 Å². The first kappa shape index (κ1) is 56.4. The molecule has 0 spiro atoms. The van der Waals surface area contributed by atoms with Crippen LogP contribution in [-0.4, -0.2) is 86.6 Å². The molecule has 0 aromatic heterocycles. The molecule has 2 aliphatic rings. The van der Waals surface area contributed by atoms with Crippen molar-refractivity contribution < 1.29 is 47.6 Å². The molecule has 382 valence electrons. The van der Waals surface area contributed by atoms with Gasteiger partial charge in [-0.3, -0.25) is 19.2 Å². The van der Waals surface area contributed by atoms with Gasteiger partial charge in [0.25, 0.3) is 0 Å². The van der Waals surface area contributed by atoms with Gasteiger partial charge in [-0.1, -0.05) is 180 Å². The monoisotopic (exact) mass is 949 g/mol. The van der Waals surface area contributed by atoms with Crippen molar-refractivity contribution in [3.05, 3.63) is 59.7 Å². The van der Waals surface area contributed by atoms with Gasteiger partial charge >= 0.3 is 23.9 Å². The number of esters is 4. The number of nitrogens with zero attached hydrogens (tertiary/aromatic N) is 2. The van der Waals surface area contributed by atoms with Crippen molar-refractivity contribution in [1.29, 1.82) is 0 Å². The summed E-state index contributed by atoms with van der Waals surface area (Å²) < 4.78 is 35.8. The van der Waals surface area contributed by atoms with E-state index in [2.05, 4.69) is 27.7 Å². The topological polar surface area (TPSA) is 130 Å². The number of hydrazine groups is 1. The second kappa shape index (κ2) is 32.6. The zero-order chi connectivity index (χ0) is 48.9. The fourth-order valence-electron chi connectivity index (χ4n) is 9.86. The van der Waals surface area contributed by atoms with Crippen molar-refractivity contribution in [1.82, 2.24) is 10.0 Å². The van der Waals surface area contributed by atoms with E-state index in [1.807, 2.05) is 24.3 Å². The largest absolute Gasteiger partial charge is 0.497 e. The minimum atomic E-state index is -1.27. The van der Waals surface area contributed by atoms with Crippen LogP contribution in [-0.2, 0) is 38.1 Å². The summed E-state index contributed by atoms with van der Waals surface area (Å²) in [5, 5.41) is 3.56. The summed E-state index contributed by atoms with van der Waals surface area (Å²) in [6.45, 7) is 9.44. The van der Waals surface area contributed by atoms with Gasteiger partial charge < -0.3 is 28.4 Å². The molecule has 2 aromatic carbocycles. The van der Waals surface area contributed by atoms with Crippen LogP contribution in [0.3, 0.4) is 0 Å². The lowest BCUT2D eigenvalue weighted by Crippen LogP contribution is -2.47. The maximum atomic E-state index is 15.1. The molecule has 0 saturated carbocycles. The summed E-state index contributed by atoms with van der Waals surface area (Å²) in [4.78, 5) is 60.1. The Morgan fingerprint density at radius 3 is 0.882 bits per heavy atom. The molecule has 0 unspecified atom stereocenters.